The van der Waals surface area contributed by atoms with Crippen molar-refractivity contribution in [2.24, 2.45) is 0 Å². The molecule has 7 heteroatoms. The molecule has 0 spiro atoms. The lowest BCUT2D eigenvalue weighted by Gasteiger charge is -2.35. The van der Waals surface area contributed by atoms with Crippen LogP contribution in [0.1, 0.15) is 13.8 Å². The van der Waals surface area contributed by atoms with E-state index >= 15 is 0 Å². The lowest BCUT2D eigenvalue weighted by molar-refractivity contribution is 0.0241. The van der Waals surface area contributed by atoms with E-state index in [4.69, 9.17) is 4.74 Å². The molecule has 0 saturated carbocycles. The summed E-state index contributed by atoms with van der Waals surface area (Å²) < 4.78 is 37.3. The summed E-state index contributed by atoms with van der Waals surface area (Å²) in [5.41, 5.74) is 0. The van der Waals surface area contributed by atoms with E-state index in [1.54, 1.807) is 18.7 Å². The Labute approximate surface area is 96.7 Å². The Morgan fingerprint density at radius 3 is 2.44 bits per heavy atom. The molecule has 2 N–H and O–H groups in total. The molecule has 1 heterocycles. The zero-order valence-corrected chi connectivity index (χ0v) is 10.5. The van der Waals surface area contributed by atoms with E-state index in [1.165, 1.54) is 0 Å². The molecular weight excluding hydrogens is 232 g/mol. The van der Waals surface area contributed by atoms with Crippen LogP contribution in [0.5, 0.6) is 0 Å². The predicted octanol–water partition coefficient (Wildman–Crippen LogP) is -0.469. The third kappa shape index (κ3) is 3.67. The van der Waals surface area contributed by atoms with Gasteiger partial charge in [-0.1, -0.05) is 0 Å². The minimum absolute atomic E-state index is 0.430. The van der Waals surface area contributed by atoms with Gasteiger partial charge in [0.2, 0.25) is 0 Å². The highest BCUT2D eigenvalue weighted by Crippen LogP contribution is 2.14. The molecule has 1 fully saturated rings. The van der Waals surface area contributed by atoms with Crippen LogP contribution in [0, 0.1) is 0 Å². The van der Waals surface area contributed by atoms with E-state index in [1.807, 2.05) is 0 Å². The lowest BCUT2D eigenvalue weighted by Crippen LogP contribution is -2.55. The molecule has 2 atom stereocenters. The van der Waals surface area contributed by atoms with Gasteiger partial charge < -0.3 is 10.1 Å². The minimum atomic E-state index is -4.11. The van der Waals surface area contributed by atoms with Gasteiger partial charge in [0.05, 0.1) is 6.10 Å². The number of hydrogen-bond acceptors (Lipinski definition) is 5. The molecule has 0 aromatic carbocycles. The molecule has 96 valence electrons. The summed E-state index contributed by atoms with van der Waals surface area (Å²) >= 11 is 0. The van der Waals surface area contributed by atoms with Gasteiger partial charge in [0.15, 0.2) is 5.37 Å². The maximum absolute atomic E-state index is 11.4. The average Bonchev–Trinajstić information content (AvgIpc) is 2.17. The van der Waals surface area contributed by atoms with Crippen LogP contribution in [0.15, 0.2) is 0 Å². The summed E-state index contributed by atoms with van der Waals surface area (Å²) in [5.74, 6) is 0. The van der Waals surface area contributed by atoms with Crippen LogP contribution in [-0.2, 0) is 14.9 Å². The van der Waals surface area contributed by atoms with Crippen molar-refractivity contribution in [3.05, 3.63) is 0 Å². The van der Waals surface area contributed by atoms with Gasteiger partial charge in [-0.25, -0.2) is 0 Å². The number of hydrogen-bond donors (Lipinski definition) is 2. The monoisotopic (exact) mass is 252 g/mol. The standard InChI is InChI=1S/C9H20N2O4S/c1-3-15-8(2)9(16(12,13)14)11-6-4-10-5-7-11/h8-10H,3-7H2,1-2H3,(H,12,13,14). The van der Waals surface area contributed by atoms with Crippen molar-refractivity contribution in [1.29, 1.82) is 0 Å². The van der Waals surface area contributed by atoms with Crippen molar-refractivity contribution < 1.29 is 17.7 Å². The SMILES string of the molecule is CCOC(C)C(N1CCNCC1)S(=O)(=O)O. The van der Waals surface area contributed by atoms with Crippen LogP contribution in [0.2, 0.25) is 0 Å². The molecule has 0 bridgehead atoms. The molecule has 6 nitrogen and oxygen atoms in total. The maximum Gasteiger partial charge on any atom is 0.283 e. The van der Waals surface area contributed by atoms with Gasteiger partial charge in [0.25, 0.3) is 10.1 Å². The molecule has 0 radical (unpaired) electrons. The molecule has 2 unspecified atom stereocenters. The quantitative estimate of drug-likeness (QED) is 0.644. The van der Waals surface area contributed by atoms with Gasteiger partial charge >= 0.3 is 0 Å². The summed E-state index contributed by atoms with van der Waals surface area (Å²) in [4.78, 5) is 1.74. The fourth-order valence-corrected chi connectivity index (χ4v) is 3.16. The van der Waals surface area contributed by atoms with Crippen LogP contribution in [-0.4, -0.2) is 62.1 Å². The molecule has 16 heavy (non-hydrogen) atoms. The van der Waals surface area contributed by atoms with Crippen LogP contribution in [0.25, 0.3) is 0 Å². The zero-order valence-electron chi connectivity index (χ0n) is 9.72. The van der Waals surface area contributed by atoms with E-state index < -0.39 is 21.6 Å². The molecule has 1 saturated heterocycles. The van der Waals surface area contributed by atoms with Crippen molar-refractivity contribution in [3.63, 3.8) is 0 Å². The zero-order chi connectivity index (χ0) is 12.2. The van der Waals surface area contributed by atoms with E-state index in [0.29, 0.717) is 19.7 Å². The number of ether oxygens (including phenoxy) is 1. The van der Waals surface area contributed by atoms with Crippen LogP contribution >= 0.6 is 0 Å². The first-order chi connectivity index (χ1) is 7.46. The second-order valence-corrected chi connectivity index (χ2v) is 5.36. The van der Waals surface area contributed by atoms with E-state index in [0.717, 1.165) is 13.1 Å². The third-order valence-electron chi connectivity index (χ3n) is 2.65. The van der Waals surface area contributed by atoms with Crippen molar-refractivity contribution in [3.8, 4) is 0 Å². The fourth-order valence-electron chi connectivity index (χ4n) is 2.01. The van der Waals surface area contributed by atoms with Crippen molar-refractivity contribution in [2.75, 3.05) is 32.8 Å². The van der Waals surface area contributed by atoms with Crippen LogP contribution in [0.3, 0.4) is 0 Å². The first-order valence-corrected chi connectivity index (χ1v) is 6.99. The van der Waals surface area contributed by atoms with Gasteiger partial charge in [-0.3, -0.25) is 9.45 Å². The van der Waals surface area contributed by atoms with Crippen molar-refractivity contribution >= 4 is 10.1 Å². The molecule has 0 amide bonds. The average molecular weight is 252 g/mol. The second kappa shape index (κ2) is 5.92. The lowest BCUT2D eigenvalue weighted by atomic mass is 10.3. The number of nitrogens with one attached hydrogen (secondary N) is 1. The molecular formula is C9H20N2O4S. The Bertz CT molecular complexity index is 301. The van der Waals surface area contributed by atoms with Gasteiger partial charge in [-0.05, 0) is 13.8 Å². The first kappa shape index (κ1) is 13.9. The molecule has 0 aromatic heterocycles. The molecule has 1 rings (SSSR count). The summed E-state index contributed by atoms with van der Waals surface area (Å²) in [6.45, 7) is 6.55. The largest absolute Gasteiger partial charge is 0.376 e. The Hall–Kier alpha value is -0.210. The van der Waals surface area contributed by atoms with E-state index in [2.05, 4.69) is 5.32 Å². The predicted molar refractivity (Wildman–Crippen MR) is 60.9 cm³/mol. The van der Waals surface area contributed by atoms with Gasteiger partial charge in [0, 0.05) is 32.8 Å². The molecule has 1 aliphatic rings. The molecule has 1 aliphatic heterocycles. The highest BCUT2D eigenvalue weighted by molar-refractivity contribution is 7.86. The Balaban J connectivity index is 2.77. The smallest absolute Gasteiger partial charge is 0.283 e. The van der Waals surface area contributed by atoms with Crippen LogP contribution < -0.4 is 5.32 Å². The summed E-state index contributed by atoms with van der Waals surface area (Å²) in [7, 11) is -4.11. The normalized spacial score (nSPS) is 22.9. The van der Waals surface area contributed by atoms with Crippen molar-refractivity contribution in [2.45, 2.75) is 25.3 Å². The van der Waals surface area contributed by atoms with Gasteiger partial charge in [0.1, 0.15) is 0 Å². The highest BCUT2D eigenvalue weighted by Gasteiger charge is 2.36. The highest BCUT2D eigenvalue weighted by atomic mass is 32.2. The Morgan fingerprint density at radius 2 is 2.00 bits per heavy atom. The summed E-state index contributed by atoms with van der Waals surface area (Å²) in [6.07, 6.45) is -0.530. The summed E-state index contributed by atoms with van der Waals surface area (Å²) in [6, 6.07) is 0. The maximum atomic E-state index is 11.4. The van der Waals surface area contributed by atoms with E-state index in [9.17, 15) is 13.0 Å². The number of rotatable bonds is 5. The Morgan fingerprint density at radius 1 is 1.44 bits per heavy atom. The van der Waals surface area contributed by atoms with Gasteiger partial charge in [-0.15, -0.1) is 0 Å². The van der Waals surface area contributed by atoms with Crippen LogP contribution in [0.4, 0.5) is 0 Å². The van der Waals surface area contributed by atoms with Crippen molar-refractivity contribution in [1.82, 2.24) is 10.2 Å². The Kier molecular flexibility index (Phi) is 5.13. The molecule has 0 aliphatic carbocycles. The minimum Gasteiger partial charge on any atom is -0.376 e. The van der Waals surface area contributed by atoms with Gasteiger partial charge in [-0.2, -0.15) is 8.42 Å². The number of piperazine rings is 1. The summed E-state index contributed by atoms with van der Waals surface area (Å²) in [5, 5.41) is 2.17. The third-order valence-corrected chi connectivity index (χ3v) is 3.94. The first-order valence-electron chi connectivity index (χ1n) is 5.49. The topological polar surface area (TPSA) is 78.9 Å². The second-order valence-electron chi connectivity index (χ2n) is 3.85. The fraction of sp³-hybridized carbons (Fsp3) is 1.00. The number of nitrogens with zero attached hydrogens (tertiary/aromatic N) is 1. The van der Waals surface area contributed by atoms with E-state index in [-0.39, 0.29) is 0 Å². The molecule has 0 aromatic rings.